The molecule has 7 heteroatoms. The Hall–Kier alpha value is -2.67. The Morgan fingerprint density at radius 3 is 2.67 bits per heavy atom. The van der Waals surface area contributed by atoms with Crippen molar-refractivity contribution in [3.05, 3.63) is 65.2 Å². The number of aryl methyl sites for hydroxylation is 2. The van der Waals surface area contributed by atoms with Crippen LogP contribution in [-0.2, 0) is 4.79 Å². The van der Waals surface area contributed by atoms with Crippen LogP contribution in [0.15, 0.2) is 53.7 Å². The third-order valence-electron chi connectivity index (χ3n) is 4.51. The second-order valence-corrected chi connectivity index (χ2v) is 7.93. The summed E-state index contributed by atoms with van der Waals surface area (Å²) in [7, 11) is 0. The van der Waals surface area contributed by atoms with Crippen molar-refractivity contribution in [1.82, 2.24) is 25.5 Å². The molecule has 0 radical (unpaired) electrons. The number of amides is 1. The van der Waals surface area contributed by atoms with Crippen molar-refractivity contribution in [2.24, 2.45) is 0 Å². The number of thioether (sulfide) groups is 1. The second kappa shape index (κ2) is 7.52. The molecule has 6 nitrogen and oxygen atoms in total. The maximum atomic E-state index is 12.9. The molecule has 27 heavy (non-hydrogen) atoms. The maximum Gasteiger partial charge on any atom is 0.238 e. The van der Waals surface area contributed by atoms with E-state index < -0.39 is 5.25 Å². The highest BCUT2D eigenvalue weighted by molar-refractivity contribution is 8.00. The number of hydrogen-bond donors (Lipinski definition) is 1. The summed E-state index contributed by atoms with van der Waals surface area (Å²) in [5.41, 5.74) is 4.13. The number of nitrogens with one attached hydrogen (secondary N) is 1. The first-order chi connectivity index (χ1) is 13.1. The standard InChI is InChI=1S/C20H21N5OS/c1-13-8-11-17(14(2)12-13)25-20(22-23-24-25)27-18(15-6-4-3-5-7-15)19(26)21-16-9-10-16/h3-8,11-12,16,18H,9-10H2,1-2H3,(H,21,26). The Bertz CT molecular complexity index is 952. The molecule has 1 saturated carbocycles. The van der Waals surface area contributed by atoms with Gasteiger partial charge in [-0.2, -0.15) is 4.68 Å². The molecule has 1 atom stereocenters. The lowest BCUT2D eigenvalue weighted by Gasteiger charge is -2.16. The van der Waals surface area contributed by atoms with Gasteiger partial charge in [-0.05, 0) is 54.3 Å². The number of nitrogens with zero attached hydrogens (tertiary/aromatic N) is 4. The van der Waals surface area contributed by atoms with E-state index in [4.69, 9.17) is 0 Å². The molecule has 0 aliphatic heterocycles. The summed E-state index contributed by atoms with van der Waals surface area (Å²) in [6, 6.07) is 16.2. The summed E-state index contributed by atoms with van der Waals surface area (Å²) in [6.07, 6.45) is 2.11. The van der Waals surface area contributed by atoms with Crippen LogP contribution in [0.3, 0.4) is 0 Å². The minimum absolute atomic E-state index is 0.00359. The van der Waals surface area contributed by atoms with Gasteiger partial charge in [0.1, 0.15) is 5.25 Å². The second-order valence-electron chi connectivity index (χ2n) is 6.85. The predicted octanol–water partition coefficient (Wildman–Crippen LogP) is 3.39. The van der Waals surface area contributed by atoms with Crippen LogP contribution in [0.2, 0.25) is 0 Å². The molecule has 1 amide bonds. The zero-order valence-electron chi connectivity index (χ0n) is 15.3. The molecule has 3 aromatic rings. The first-order valence-electron chi connectivity index (χ1n) is 9.00. The van der Waals surface area contributed by atoms with E-state index in [1.165, 1.54) is 17.3 Å². The van der Waals surface area contributed by atoms with Crippen LogP contribution in [0.4, 0.5) is 0 Å². The summed E-state index contributed by atoms with van der Waals surface area (Å²) in [5.74, 6) is 0.00359. The number of benzene rings is 2. The molecule has 1 fully saturated rings. The lowest BCUT2D eigenvalue weighted by molar-refractivity contribution is -0.120. The topological polar surface area (TPSA) is 72.7 Å². The smallest absolute Gasteiger partial charge is 0.238 e. The normalized spacial score (nSPS) is 14.7. The first-order valence-corrected chi connectivity index (χ1v) is 9.88. The van der Waals surface area contributed by atoms with Gasteiger partial charge >= 0.3 is 0 Å². The van der Waals surface area contributed by atoms with Gasteiger partial charge in [0.05, 0.1) is 5.69 Å². The maximum absolute atomic E-state index is 12.9. The Kier molecular flexibility index (Phi) is 4.94. The zero-order valence-corrected chi connectivity index (χ0v) is 16.1. The molecular weight excluding hydrogens is 358 g/mol. The van der Waals surface area contributed by atoms with Crippen LogP contribution in [-0.4, -0.2) is 32.2 Å². The van der Waals surface area contributed by atoms with E-state index in [-0.39, 0.29) is 5.91 Å². The molecule has 1 aliphatic carbocycles. The van der Waals surface area contributed by atoms with E-state index in [0.717, 1.165) is 29.7 Å². The summed E-state index contributed by atoms with van der Waals surface area (Å²) in [4.78, 5) is 12.9. The van der Waals surface area contributed by atoms with Crippen molar-refractivity contribution in [2.45, 2.75) is 43.1 Å². The molecule has 1 aromatic heterocycles. The van der Waals surface area contributed by atoms with Gasteiger partial charge in [-0.3, -0.25) is 4.79 Å². The Balaban J connectivity index is 1.66. The number of hydrogen-bond acceptors (Lipinski definition) is 5. The van der Waals surface area contributed by atoms with Gasteiger partial charge < -0.3 is 5.32 Å². The average molecular weight is 379 g/mol. The van der Waals surface area contributed by atoms with E-state index in [0.29, 0.717) is 11.2 Å². The summed E-state index contributed by atoms with van der Waals surface area (Å²) in [6.45, 7) is 4.09. The first kappa shape index (κ1) is 17.7. The molecule has 1 aliphatic rings. The lowest BCUT2D eigenvalue weighted by Crippen LogP contribution is -2.30. The van der Waals surface area contributed by atoms with Crippen LogP contribution < -0.4 is 5.32 Å². The van der Waals surface area contributed by atoms with Crippen molar-refractivity contribution < 1.29 is 4.79 Å². The highest BCUT2D eigenvalue weighted by atomic mass is 32.2. The van der Waals surface area contributed by atoms with Gasteiger partial charge in [0.15, 0.2) is 0 Å². The molecule has 1 N–H and O–H groups in total. The fourth-order valence-electron chi connectivity index (χ4n) is 2.96. The highest BCUT2D eigenvalue weighted by Gasteiger charge is 2.30. The van der Waals surface area contributed by atoms with Gasteiger partial charge in [0.25, 0.3) is 0 Å². The molecule has 1 heterocycles. The summed E-state index contributed by atoms with van der Waals surface area (Å²) >= 11 is 1.38. The molecular formula is C20H21N5OS. The average Bonchev–Trinajstić information content (AvgIpc) is 3.36. The fourth-order valence-corrected chi connectivity index (χ4v) is 3.95. The third kappa shape index (κ3) is 4.03. The molecule has 1 unspecified atom stereocenters. The fraction of sp³-hybridized carbons (Fsp3) is 0.300. The van der Waals surface area contributed by atoms with Crippen molar-refractivity contribution in [3.8, 4) is 5.69 Å². The Labute approximate surface area is 162 Å². The number of carbonyl (C=O) groups excluding carboxylic acids is 1. The largest absolute Gasteiger partial charge is 0.352 e. The van der Waals surface area contributed by atoms with E-state index in [1.807, 2.05) is 49.4 Å². The molecule has 4 rings (SSSR count). The Morgan fingerprint density at radius 1 is 1.19 bits per heavy atom. The third-order valence-corrected chi connectivity index (χ3v) is 5.70. The van der Waals surface area contributed by atoms with Crippen LogP contribution in [0, 0.1) is 13.8 Å². The number of rotatable bonds is 6. The van der Waals surface area contributed by atoms with Crippen LogP contribution in [0.5, 0.6) is 0 Å². The molecule has 0 bridgehead atoms. The van der Waals surface area contributed by atoms with Crippen LogP contribution in [0.25, 0.3) is 5.69 Å². The number of aromatic nitrogens is 4. The molecule has 2 aromatic carbocycles. The highest BCUT2D eigenvalue weighted by Crippen LogP contribution is 2.36. The Morgan fingerprint density at radius 2 is 1.96 bits per heavy atom. The van der Waals surface area contributed by atoms with Crippen molar-refractivity contribution in [3.63, 3.8) is 0 Å². The molecule has 0 saturated heterocycles. The van der Waals surface area contributed by atoms with Crippen molar-refractivity contribution >= 4 is 17.7 Å². The van der Waals surface area contributed by atoms with Gasteiger partial charge in [-0.1, -0.05) is 59.8 Å². The zero-order chi connectivity index (χ0) is 18.8. The van der Waals surface area contributed by atoms with E-state index in [2.05, 4.69) is 33.8 Å². The quantitative estimate of drug-likeness (QED) is 0.665. The van der Waals surface area contributed by atoms with Gasteiger partial charge in [0, 0.05) is 6.04 Å². The van der Waals surface area contributed by atoms with Crippen LogP contribution in [0.1, 0.15) is 34.8 Å². The minimum atomic E-state index is -0.401. The molecule has 0 spiro atoms. The van der Waals surface area contributed by atoms with E-state index in [9.17, 15) is 4.79 Å². The van der Waals surface area contributed by atoms with Crippen molar-refractivity contribution in [1.29, 1.82) is 0 Å². The van der Waals surface area contributed by atoms with Gasteiger partial charge in [0.2, 0.25) is 11.1 Å². The monoisotopic (exact) mass is 379 g/mol. The lowest BCUT2D eigenvalue weighted by atomic mass is 10.1. The summed E-state index contributed by atoms with van der Waals surface area (Å²) < 4.78 is 1.71. The van der Waals surface area contributed by atoms with Crippen molar-refractivity contribution in [2.75, 3.05) is 0 Å². The predicted molar refractivity (Wildman–Crippen MR) is 105 cm³/mol. The van der Waals surface area contributed by atoms with Crippen LogP contribution >= 0.6 is 11.8 Å². The molecule has 138 valence electrons. The van der Waals surface area contributed by atoms with Gasteiger partial charge in [-0.15, -0.1) is 5.10 Å². The summed E-state index contributed by atoms with van der Waals surface area (Å²) in [5, 5.41) is 15.5. The number of tetrazole rings is 1. The SMILES string of the molecule is Cc1ccc(-n2nnnc2SC(C(=O)NC2CC2)c2ccccc2)c(C)c1. The van der Waals surface area contributed by atoms with E-state index in [1.54, 1.807) is 4.68 Å². The number of carbonyl (C=O) groups is 1. The van der Waals surface area contributed by atoms with E-state index >= 15 is 0 Å². The van der Waals surface area contributed by atoms with Gasteiger partial charge in [-0.25, -0.2) is 0 Å². The minimum Gasteiger partial charge on any atom is -0.352 e.